The molecule has 0 aromatic heterocycles. The largest absolute Gasteiger partial charge is 0.392 e. The van der Waals surface area contributed by atoms with Gasteiger partial charge in [-0.05, 0) is 35.4 Å². The summed E-state index contributed by atoms with van der Waals surface area (Å²) in [5.41, 5.74) is 4.11. The molecule has 0 saturated heterocycles. The first kappa shape index (κ1) is 10.7. The number of aliphatic hydroxyl groups is 1. The quantitative estimate of drug-likeness (QED) is 0.784. The summed E-state index contributed by atoms with van der Waals surface area (Å²) in [5, 5.41) is 9.81. The molecule has 1 aromatic carbocycles. The fourth-order valence-electron chi connectivity index (χ4n) is 2.40. The number of fused-ring (bicyclic) bond motifs is 1. The van der Waals surface area contributed by atoms with Gasteiger partial charge in [-0.3, -0.25) is 0 Å². The summed E-state index contributed by atoms with van der Waals surface area (Å²) in [5.74, 6) is 0.939. The van der Waals surface area contributed by atoms with Crippen molar-refractivity contribution in [3.8, 4) is 0 Å². The van der Waals surface area contributed by atoms with Crippen LogP contribution in [0.25, 0.3) is 0 Å². The van der Waals surface area contributed by atoms with Gasteiger partial charge in [0, 0.05) is 5.92 Å². The lowest BCUT2D eigenvalue weighted by Crippen LogP contribution is -2.09. The van der Waals surface area contributed by atoms with E-state index in [1.807, 2.05) is 0 Å². The van der Waals surface area contributed by atoms with E-state index >= 15 is 0 Å². The van der Waals surface area contributed by atoms with Gasteiger partial charge in [-0.1, -0.05) is 39.0 Å². The van der Waals surface area contributed by atoms with Crippen LogP contribution in [0.4, 0.5) is 0 Å². The van der Waals surface area contributed by atoms with Gasteiger partial charge in [0.1, 0.15) is 0 Å². The molecular weight excluding hydrogens is 184 g/mol. The van der Waals surface area contributed by atoms with Gasteiger partial charge >= 0.3 is 0 Å². The first-order valence-electron chi connectivity index (χ1n) is 5.94. The van der Waals surface area contributed by atoms with E-state index in [9.17, 15) is 5.11 Å². The molecule has 1 aromatic rings. The monoisotopic (exact) mass is 204 g/mol. The van der Waals surface area contributed by atoms with Crippen LogP contribution >= 0.6 is 0 Å². The molecule has 0 heterocycles. The minimum atomic E-state index is -0.174. The van der Waals surface area contributed by atoms with Crippen molar-refractivity contribution in [1.82, 2.24) is 0 Å². The molecule has 1 aliphatic carbocycles. The lowest BCUT2D eigenvalue weighted by atomic mass is 9.94. The van der Waals surface area contributed by atoms with Crippen LogP contribution in [-0.4, -0.2) is 11.2 Å². The molecule has 0 amide bonds. The zero-order valence-electron chi connectivity index (χ0n) is 9.83. The third kappa shape index (κ3) is 1.81. The normalized spacial score (nSPS) is 26.4. The Hall–Kier alpha value is -0.820. The topological polar surface area (TPSA) is 20.2 Å². The molecule has 82 valence electrons. The van der Waals surface area contributed by atoms with Crippen molar-refractivity contribution < 1.29 is 5.11 Å². The van der Waals surface area contributed by atoms with E-state index < -0.39 is 0 Å². The van der Waals surface area contributed by atoms with Crippen molar-refractivity contribution in [2.24, 2.45) is 0 Å². The summed E-state index contributed by atoms with van der Waals surface area (Å²) < 4.78 is 0. The van der Waals surface area contributed by atoms with Gasteiger partial charge in [-0.2, -0.15) is 0 Å². The number of aliphatic hydroxyl groups excluding tert-OH is 1. The fourth-order valence-corrected chi connectivity index (χ4v) is 2.40. The average Bonchev–Trinajstić information content (AvgIpc) is 2.53. The van der Waals surface area contributed by atoms with E-state index in [1.165, 1.54) is 23.1 Å². The van der Waals surface area contributed by atoms with Crippen molar-refractivity contribution in [2.75, 3.05) is 0 Å². The first-order valence-corrected chi connectivity index (χ1v) is 5.94. The van der Waals surface area contributed by atoms with Crippen LogP contribution in [0.3, 0.4) is 0 Å². The molecule has 0 spiro atoms. The van der Waals surface area contributed by atoms with E-state index in [4.69, 9.17) is 0 Å². The molecular formula is C14H20O. The summed E-state index contributed by atoms with van der Waals surface area (Å²) >= 11 is 0. The Morgan fingerprint density at radius 1 is 1.47 bits per heavy atom. The number of hydrogen-bond acceptors (Lipinski definition) is 1. The lowest BCUT2D eigenvalue weighted by Gasteiger charge is -2.12. The molecule has 0 saturated carbocycles. The van der Waals surface area contributed by atoms with Crippen LogP contribution in [0, 0.1) is 0 Å². The summed E-state index contributed by atoms with van der Waals surface area (Å²) in [6.45, 7) is 6.59. The molecule has 15 heavy (non-hydrogen) atoms. The summed E-state index contributed by atoms with van der Waals surface area (Å²) in [7, 11) is 0. The van der Waals surface area contributed by atoms with Crippen LogP contribution in [0.5, 0.6) is 0 Å². The van der Waals surface area contributed by atoms with Gasteiger partial charge in [0.15, 0.2) is 0 Å². The van der Waals surface area contributed by atoms with Gasteiger partial charge < -0.3 is 5.11 Å². The third-order valence-electron chi connectivity index (χ3n) is 3.85. The smallest absolute Gasteiger partial charge is 0.0646 e. The van der Waals surface area contributed by atoms with Gasteiger partial charge in [0.05, 0.1) is 6.10 Å². The Morgan fingerprint density at radius 3 is 2.87 bits per heavy atom. The van der Waals surface area contributed by atoms with Crippen LogP contribution in [-0.2, 0) is 6.42 Å². The van der Waals surface area contributed by atoms with Crippen molar-refractivity contribution in [3.63, 3.8) is 0 Å². The standard InChI is InChI=1S/C14H20O/c1-4-9(2)11-5-6-13-10(3)14(15)8-12(13)7-11/h5-7,9-10,14-15H,4,8H2,1-3H3/t9?,10-,14+/m1/s1. The van der Waals surface area contributed by atoms with E-state index in [1.54, 1.807) is 0 Å². The second kappa shape index (κ2) is 3.97. The SMILES string of the molecule is CCC(C)c1ccc2c(c1)C[C@H](O)[C@@H]2C. The second-order valence-corrected chi connectivity index (χ2v) is 4.83. The Labute approximate surface area is 92.1 Å². The van der Waals surface area contributed by atoms with Gasteiger partial charge in [0.2, 0.25) is 0 Å². The molecule has 3 atom stereocenters. The van der Waals surface area contributed by atoms with E-state index in [0.717, 1.165) is 6.42 Å². The highest BCUT2D eigenvalue weighted by Crippen LogP contribution is 2.35. The molecule has 1 N–H and O–H groups in total. The molecule has 1 heteroatoms. The number of rotatable bonds is 2. The van der Waals surface area contributed by atoms with Gasteiger partial charge in [-0.15, -0.1) is 0 Å². The summed E-state index contributed by atoms with van der Waals surface area (Å²) in [4.78, 5) is 0. The molecule has 0 fully saturated rings. The minimum absolute atomic E-state index is 0.174. The van der Waals surface area contributed by atoms with E-state index in [0.29, 0.717) is 11.8 Å². The molecule has 1 unspecified atom stereocenters. The molecule has 1 nitrogen and oxygen atoms in total. The zero-order valence-corrected chi connectivity index (χ0v) is 9.83. The fraction of sp³-hybridized carbons (Fsp3) is 0.571. The van der Waals surface area contributed by atoms with Crippen molar-refractivity contribution in [3.05, 3.63) is 34.9 Å². The maximum Gasteiger partial charge on any atom is 0.0646 e. The highest BCUT2D eigenvalue weighted by Gasteiger charge is 2.27. The maximum absolute atomic E-state index is 9.81. The lowest BCUT2D eigenvalue weighted by molar-refractivity contribution is 0.163. The third-order valence-corrected chi connectivity index (χ3v) is 3.85. The van der Waals surface area contributed by atoms with Crippen molar-refractivity contribution >= 4 is 0 Å². The molecule has 1 aliphatic rings. The molecule has 0 radical (unpaired) electrons. The summed E-state index contributed by atoms with van der Waals surface area (Å²) in [6, 6.07) is 6.72. The molecule has 0 aliphatic heterocycles. The number of hydrogen-bond donors (Lipinski definition) is 1. The van der Waals surface area contributed by atoms with Crippen LogP contribution < -0.4 is 0 Å². The Kier molecular flexibility index (Phi) is 2.83. The highest BCUT2D eigenvalue weighted by atomic mass is 16.3. The average molecular weight is 204 g/mol. The van der Waals surface area contributed by atoms with Crippen molar-refractivity contribution in [1.29, 1.82) is 0 Å². The maximum atomic E-state index is 9.81. The highest BCUT2D eigenvalue weighted by molar-refractivity contribution is 5.40. The Bertz CT molecular complexity index is 356. The van der Waals surface area contributed by atoms with E-state index in [2.05, 4.69) is 39.0 Å². The first-order chi connectivity index (χ1) is 7.13. The molecule has 2 rings (SSSR count). The van der Waals surface area contributed by atoms with Crippen LogP contribution in [0.1, 0.15) is 55.7 Å². The van der Waals surface area contributed by atoms with Crippen molar-refractivity contribution in [2.45, 2.75) is 51.6 Å². The van der Waals surface area contributed by atoms with Crippen LogP contribution in [0.15, 0.2) is 18.2 Å². The minimum Gasteiger partial charge on any atom is -0.392 e. The van der Waals surface area contributed by atoms with Gasteiger partial charge in [-0.25, -0.2) is 0 Å². The predicted molar refractivity (Wildman–Crippen MR) is 63.3 cm³/mol. The number of benzene rings is 1. The molecule has 0 bridgehead atoms. The predicted octanol–water partition coefficient (Wildman–Crippen LogP) is 3.22. The zero-order chi connectivity index (χ0) is 11.0. The van der Waals surface area contributed by atoms with E-state index in [-0.39, 0.29) is 6.10 Å². The Balaban J connectivity index is 2.33. The van der Waals surface area contributed by atoms with Crippen LogP contribution in [0.2, 0.25) is 0 Å². The van der Waals surface area contributed by atoms with Gasteiger partial charge in [0.25, 0.3) is 0 Å². The summed E-state index contributed by atoms with van der Waals surface area (Å²) in [6.07, 6.45) is 1.84. The second-order valence-electron chi connectivity index (χ2n) is 4.83. The Morgan fingerprint density at radius 2 is 2.20 bits per heavy atom.